The Morgan fingerprint density at radius 1 is 0.966 bits per heavy atom. The zero-order valence-electron chi connectivity index (χ0n) is 16.3. The molecule has 3 rings (SSSR count). The average molecular weight is 407 g/mol. The average Bonchev–Trinajstić information content (AvgIpc) is 2.72. The first-order valence-corrected chi connectivity index (χ1v) is 9.89. The highest BCUT2D eigenvalue weighted by Crippen LogP contribution is 2.30. The van der Waals surface area contributed by atoms with Gasteiger partial charge in [-0.05, 0) is 49.1 Å². The van der Waals surface area contributed by atoms with Crippen LogP contribution in [0, 0.1) is 11.6 Å². The summed E-state index contributed by atoms with van der Waals surface area (Å²) in [6.45, 7) is 1.78. The summed E-state index contributed by atoms with van der Waals surface area (Å²) in [5.74, 6) is -1.11. The van der Waals surface area contributed by atoms with Crippen LogP contribution in [0.1, 0.15) is 24.8 Å². The van der Waals surface area contributed by atoms with Crippen LogP contribution in [-0.2, 0) is 11.3 Å². The summed E-state index contributed by atoms with van der Waals surface area (Å²) in [6, 6.07) is 11.3. The molecule has 7 heteroatoms. The third kappa shape index (κ3) is 6.13. The number of rotatable bonds is 2. The van der Waals surface area contributed by atoms with Gasteiger partial charge in [0.05, 0.1) is 25.0 Å². The second kappa shape index (κ2) is 10.5. The molecule has 5 nitrogen and oxygen atoms in total. The van der Waals surface area contributed by atoms with E-state index in [2.05, 4.69) is 0 Å². The van der Waals surface area contributed by atoms with Crippen LogP contribution in [-0.4, -0.2) is 48.8 Å². The maximum atomic E-state index is 13.7. The highest BCUT2D eigenvalue weighted by atomic mass is 19.2. The van der Waals surface area contributed by atoms with Crippen molar-refractivity contribution in [3.8, 4) is 5.75 Å². The summed E-state index contributed by atoms with van der Waals surface area (Å²) >= 11 is 0. The highest BCUT2D eigenvalue weighted by Gasteiger charge is 2.20. The molecule has 2 atom stereocenters. The van der Waals surface area contributed by atoms with Crippen LogP contribution < -0.4 is 9.64 Å². The van der Waals surface area contributed by atoms with Crippen molar-refractivity contribution >= 4 is 5.69 Å². The fourth-order valence-electron chi connectivity index (χ4n) is 3.27. The Balaban J connectivity index is 1.86. The van der Waals surface area contributed by atoms with Crippen LogP contribution in [0.2, 0.25) is 0 Å². The predicted molar refractivity (Wildman–Crippen MR) is 106 cm³/mol. The Morgan fingerprint density at radius 2 is 1.76 bits per heavy atom. The summed E-state index contributed by atoms with van der Waals surface area (Å²) in [5.41, 5.74) is 1.39. The lowest BCUT2D eigenvalue weighted by Gasteiger charge is -2.29. The Morgan fingerprint density at radius 3 is 2.59 bits per heavy atom. The molecule has 0 bridgehead atoms. The van der Waals surface area contributed by atoms with Gasteiger partial charge in [0, 0.05) is 19.7 Å². The Hall–Kier alpha value is -2.22. The number of hydrogen-bond donors (Lipinski definition) is 2. The monoisotopic (exact) mass is 407 g/mol. The topological polar surface area (TPSA) is 62.2 Å². The Kier molecular flexibility index (Phi) is 7.80. The minimum Gasteiger partial charge on any atom is -0.491 e. The lowest BCUT2D eigenvalue weighted by molar-refractivity contribution is -0.0405. The smallest absolute Gasteiger partial charge is 0.159 e. The Bertz CT molecular complexity index is 789. The summed E-state index contributed by atoms with van der Waals surface area (Å²) in [7, 11) is 0. The molecule has 2 N–H and O–H groups in total. The number of aliphatic hydroxyl groups is 2. The van der Waals surface area contributed by atoms with Crippen LogP contribution >= 0.6 is 0 Å². The van der Waals surface area contributed by atoms with E-state index in [9.17, 15) is 19.0 Å². The first kappa shape index (κ1) is 21.5. The molecule has 1 heterocycles. The standard InChI is InChI=1S/C22H27F2NO4/c23-17-8-7-16(13-18(17)24)14-25-10-9-20(26)21(27)15-28-11-3-4-12-29-22-6-2-1-5-19(22)25/h1-2,5-8,13,20-21,26-27H,3-4,9-12,14-15H2/t20-,21+/m0/s1. The fourth-order valence-corrected chi connectivity index (χ4v) is 3.27. The molecular formula is C22H27F2NO4. The summed E-state index contributed by atoms with van der Waals surface area (Å²) in [5, 5.41) is 20.4. The van der Waals surface area contributed by atoms with E-state index >= 15 is 0 Å². The van der Waals surface area contributed by atoms with Crippen LogP contribution in [0.5, 0.6) is 5.75 Å². The molecule has 0 spiro atoms. The van der Waals surface area contributed by atoms with E-state index in [0.717, 1.165) is 24.6 Å². The van der Waals surface area contributed by atoms with Gasteiger partial charge >= 0.3 is 0 Å². The van der Waals surface area contributed by atoms with Crippen molar-refractivity contribution in [2.45, 2.75) is 38.0 Å². The van der Waals surface area contributed by atoms with Gasteiger partial charge in [-0.1, -0.05) is 18.2 Å². The van der Waals surface area contributed by atoms with Gasteiger partial charge in [0.1, 0.15) is 11.9 Å². The fraction of sp³-hybridized carbons (Fsp3) is 0.455. The van der Waals surface area contributed by atoms with Gasteiger partial charge in [-0.3, -0.25) is 0 Å². The lowest BCUT2D eigenvalue weighted by Crippen LogP contribution is -2.35. The lowest BCUT2D eigenvalue weighted by atomic mass is 10.1. The molecule has 0 amide bonds. The van der Waals surface area contributed by atoms with Crippen molar-refractivity contribution in [3.63, 3.8) is 0 Å². The van der Waals surface area contributed by atoms with Crippen molar-refractivity contribution in [2.24, 2.45) is 0 Å². The van der Waals surface area contributed by atoms with Gasteiger partial charge in [0.2, 0.25) is 0 Å². The number of anilines is 1. The molecule has 0 aromatic heterocycles. The first-order chi connectivity index (χ1) is 14.0. The number of halogens is 2. The van der Waals surface area contributed by atoms with E-state index in [1.54, 1.807) is 0 Å². The number of ether oxygens (including phenoxy) is 2. The van der Waals surface area contributed by atoms with Gasteiger partial charge in [0.15, 0.2) is 11.6 Å². The van der Waals surface area contributed by atoms with E-state index in [4.69, 9.17) is 9.47 Å². The number of para-hydroxylation sites is 2. The molecule has 1 aliphatic rings. The third-order valence-corrected chi connectivity index (χ3v) is 4.93. The molecule has 0 saturated carbocycles. The minimum atomic E-state index is -0.977. The van der Waals surface area contributed by atoms with E-state index in [1.807, 2.05) is 29.2 Å². The van der Waals surface area contributed by atoms with Crippen LogP contribution in [0.15, 0.2) is 42.5 Å². The molecule has 0 unspecified atom stereocenters. The second-order valence-corrected chi connectivity index (χ2v) is 7.19. The van der Waals surface area contributed by atoms with Gasteiger partial charge in [-0.2, -0.15) is 0 Å². The normalized spacial score (nSPS) is 21.7. The largest absolute Gasteiger partial charge is 0.491 e. The van der Waals surface area contributed by atoms with Gasteiger partial charge in [0.25, 0.3) is 0 Å². The number of aliphatic hydroxyl groups excluding tert-OH is 2. The van der Waals surface area contributed by atoms with Crippen LogP contribution in [0.4, 0.5) is 14.5 Å². The van der Waals surface area contributed by atoms with Crippen LogP contribution in [0.3, 0.4) is 0 Å². The van der Waals surface area contributed by atoms with E-state index in [0.29, 0.717) is 37.6 Å². The molecular weight excluding hydrogens is 380 g/mol. The highest BCUT2D eigenvalue weighted by molar-refractivity contribution is 5.58. The number of nitrogens with zero attached hydrogens (tertiary/aromatic N) is 1. The van der Waals surface area contributed by atoms with Crippen LogP contribution in [0.25, 0.3) is 0 Å². The van der Waals surface area contributed by atoms with E-state index in [1.165, 1.54) is 12.1 Å². The first-order valence-electron chi connectivity index (χ1n) is 9.89. The van der Waals surface area contributed by atoms with Crippen molar-refractivity contribution in [1.82, 2.24) is 0 Å². The van der Waals surface area contributed by atoms with Gasteiger partial charge in [-0.25, -0.2) is 8.78 Å². The summed E-state index contributed by atoms with van der Waals surface area (Å²) in [6.07, 6.45) is -0.0876. The van der Waals surface area contributed by atoms with Crippen molar-refractivity contribution in [1.29, 1.82) is 0 Å². The molecule has 29 heavy (non-hydrogen) atoms. The van der Waals surface area contributed by atoms with Crippen molar-refractivity contribution in [3.05, 3.63) is 59.7 Å². The molecule has 158 valence electrons. The van der Waals surface area contributed by atoms with Gasteiger partial charge < -0.3 is 24.6 Å². The molecule has 0 fully saturated rings. The second-order valence-electron chi connectivity index (χ2n) is 7.19. The molecule has 2 aromatic rings. The maximum Gasteiger partial charge on any atom is 0.159 e. The summed E-state index contributed by atoms with van der Waals surface area (Å²) < 4.78 is 38.4. The zero-order chi connectivity index (χ0) is 20.6. The van der Waals surface area contributed by atoms with Crippen molar-refractivity contribution < 1.29 is 28.5 Å². The molecule has 0 saturated heterocycles. The van der Waals surface area contributed by atoms with E-state index in [-0.39, 0.29) is 13.0 Å². The maximum absolute atomic E-state index is 13.7. The Labute approximate surface area is 169 Å². The third-order valence-electron chi connectivity index (χ3n) is 4.93. The number of benzene rings is 2. The minimum absolute atomic E-state index is 0.0712. The quantitative estimate of drug-likeness (QED) is 0.800. The number of hydrogen-bond acceptors (Lipinski definition) is 5. The number of fused-ring (bicyclic) bond motifs is 1. The molecule has 0 radical (unpaired) electrons. The predicted octanol–water partition coefficient (Wildman–Crippen LogP) is 3.27. The van der Waals surface area contributed by atoms with E-state index < -0.39 is 23.8 Å². The van der Waals surface area contributed by atoms with Crippen molar-refractivity contribution in [2.75, 3.05) is 31.3 Å². The molecule has 1 aliphatic heterocycles. The van der Waals surface area contributed by atoms with Gasteiger partial charge in [-0.15, -0.1) is 0 Å². The SMILES string of the molecule is O[C@@H]1COCCCCOc2ccccc2N(Cc2ccc(F)c(F)c2)CC[C@@H]1O. The molecule has 0 aliphatic carbocycles. The molecule has 2 aromatic carbocycles. The summed E-state index contributed by atoms with van der Waals surface area (Å²) in [4.78, 5) is 1.94. The zero-order valence-corrected chi connectivity index (χ0v) is 16.3.